The largest absolute Gasteiger partial charge is 0.416 e. The molecule has 3 rings (SSSR count). The van der Waals surface area contributed by atoms with Crippen LogP contribution in [0, 0.1) is 11.6 Å². The number of pyridine rings is 1. The van der Waals surface area contributed by atoms with Gasteiger partial charge in [0.15, 0.2) is 0 Å². The number of hydrogen-bond donors (Lipinski definition) is 2. The Hall–Kier alpha value is -3.20. The van der Waals surface area contributed by atoms with Crippen LogP contribution < -0.4 is 10.6 Å². The second-order valence-electron chi connectivity index (χ2n) is 8.01. The van der Waals surface area contributed by atoms with E-state index in [0.29, 0.717) is 6.07 Å². The molecule has 0 aliphatic rings. The molecular formula is C24H21ClF5N3O. The zero-order chi connectivity index (χ0) is 25.1. The number of carbonyl (C=O) groups excluding carboxylic acids is 1. The first kappa shape index (κ1) is 25.4. The Morgan fingerprint density at radius 3 is 2.29 bits per heavy atom. The SMILES string of the molecule is CC(C)NC(=O)N[C@@](Cc1ccccc1F)(c1cc(F)cc(C(F)(F)F)c1)c1ccc(Cl)cn1. The van der Waals surface area contributed by atoms with E-state index in [0.717, 1.165) is 12.1 Å². The molecule has 1 atom stereocenters. The quantitative estimate of drug-likeness (QED) is 0.397. The zero-order valence-corrected chi connectivity index (χ0v) is 18.9. The molecule has 0 aliphatic carbocycles. The Kier molecular flexibility index (Phi) is 7.45. The molecule has 3 aromatic rings. The third-order valence-corrected chi connectivity index (χ3v) is 5.27. The molecule has 10 heteroatoms. The number of halogens is 6. The Morgan fingerprint density at radius 2 is 1.71 bits per heavy atom. The van der Waals surface area contributed by atoms with Gasteiger partial charge in [-0.2, -0.15) is 13.2 Å². The lowest BCUT2D eigenvalue weighted by atomic mass is 9.79. The molecule has 0 aliphatic heterocycles. The van der Waals surface area contributed by atoms with Crippen LogP contribution in [0.15, 0.2) is 60.8 Å². The summed E-state index contributed by atoms with van der Waals surface area (Å²) >= 11 is 5.95. The van der Waals surface area contributed by atoms with Crippen LogP contribution in [0.4, 0.5) is 26.7 Å². The molecule has 1 heterocycles. The molecule has 2 amide bonds. The first-order chi connectivity index (χ1) is 15.9. The minimum atomic E-state index is -4.87. The molecule has 4 nitrogen and oxygen atoms in total. The van der Waals surface area contributed by atoms with E-state index in [1.54, 1.807) is 19.9 Å². The molecule has 180 valence electrons. The monoisotopic (exact) mass is 497 g/mol. The molecule has 34 heavy (non-hydrogen) atoms. The third-order valence-electron chi connectivity index (χ3n) is 5.04. The van der Waals surface area contributed by atoms with Gasteiger partial charge in [0.2, 0.25) is 0 Å². The van der Waals surface area contributed by atoms with Crippen LogP contribution in [0.2, 0.25) is 5.02 Å². The highest BCUT2D eigenvalue weighted by molar-refractivity contribution is 6.30. The van der Waals surface area contributed by atoms with Gasteiger partial charge in [0.25, 0.3) is 0 Å². The molecule has 1 aromatic heterocycles. The molecular weight excluding hydrogens is 477 g/mol. The van der Waals surface area contributed by atoms with Crippen LogP contribution in [-0.4, -0.2) is 17.1 Å². The van der Waals surface area contributed by atoms with Crippen molar-refractivity contribution >= 4 is 17.6 Å². The lowest BCUT2D eigenvalue weighted by Gasteiger charge is -2.36. The molecule has 0 bridgehead atoms. The fraction of sp³-hybridized carbons (Fsp3) is 0.250. The topological polar surface area (TPSA) is 54.0 Å². The molecule has 0 spiro atoms. The number of rotatable bonds is 6. The van der Waals surface area contributed by atoms with Crippen molar-refractivity contribution in [1.29, 1.82) is 0 Å². The number of aromatic nitrogens is 1. The van der Waals surface area contributed by atoms with E-state index >= 15 is 0 Å². The van der Waals surface area contributed by atoms with E-state index in [2.05, 4.69) is 15.6 Å². The number of carbonyl (C=O) groups is 1. The average Bonchev–Trinajstić information content (AvgIpc) is 2.73. The van der Waals surface area contributed by atoms with E-state index in [1.807, 2.05) is 0 Å². The predicted molar refractivity (Wildman–Crippen MR) is 118 cm³/mol. The summed E-state index contributed by atoms with van der Waals surface area (Å²) in [6.07, 6.45) is -3.99. The third kappa shape index (κ3) is 5.83. The second kappa shape index (κ2) is 9.97. The first-order valence-corrected chi connectivity index (χ1v) is 10.6. The molecule has 0 saturated carbocycles. The lowest BCUT2D eigenvalue weighted by Crippen LogP contribution is -2.54. The Bertz CT molecular complexity index is 1170. The number of nitrogens with one attached hydrogen (secondary N) is 2. The predicted octanol–water partition coefficient (Wildman–Crippen LogP) is 6.23. The molecule has 0 radical (unpaired) electrons. The Morgan fingerprint density at radius 1 is 1.03 bits per heavy atom. The average molecular weight is 498 g/mol. The van der Waals surface area contributed by atoms with Crippen molar-refractivity contribution in [1.82, 2.24) is 15.6 Å². The first-order valence-electron chi connectivity index (χ1n) is 10.2. The van der Waals surface area contributed by atoms with Crippen LogP contribution in [-0.2, 0) is 18.1 Å². The van der Waals surface area contributed by atoms with Gasteiger partial charge in [-0.05, 0) is 61.4 Å². The zero-order valence-electron chi connectivity index (χ0n) is 18.2. The van der Waals surface area contributed by atoms with Gasteiger partial charge in [-0.1, -0.05) is 29.8 Å². The summed E-state index contributed by atoms with van der Waals surface area (Å²) in [5.41, 5.74) is -3.30. The summed E-state index contributed by atoms with van der Waals surface area (Å²) in [5, 5.41) is 5.46. The standard InChI is InChI=1S/C24H21ClF5N3O/c1-14(2)32-22(34)33-23(21-8-7-18(25)13-31-21,12-15-5-3-4-6-20(15)27)16-9-17(24(28,29)30)11-19(26)10-16/h3-11,13-14H,12H2,1-2H3,(H2,32,33,34)/t23-/m0/s1. The van der Waals surface area contributed by atoms with Crippen molar-refractivity contribution in [2.45, 2.75) is 38.0 Å². The number of amides is 2. The van der Waals surface area contributed by atoms with Gasteiger partial charge >= 0.3 is 12.2 Å². The molecule has 0 saturated heterocycles. The van der Waals surface area contributed by atoms with E-state index in [4.69, 9.17) is 11.6 Å². The van der Waals surface area contributed by atoms with Gasteiger partial charge in [-0.15, -0.1) is 0 Å². The van der Waals surface area contributed by atoms with Crippen LogP contribution >= 0.6 is 11.6 Å². The van der Waals surface area contributed by atoms with Crippen molar-refractivity contribution in [3.8, 4) is 0 Å². The molecule has 2 N–H and O–H groups in total. The van der Waals surface area contributed by atoms with Crippen LogP contribution in [0.3, 0.4) is 0 Å². The number of hydrogen-bond acceptors (Lipinski definition) is 2. The summed E-state index contributed by atoms with van der Waals surface area (Å²) in [4.78, 5) is 17.0. The van der Waals surface area contributed by atoms with Crippen molar-refractivity contribution < 1.29 is 26.7 Å². The smallest absolute Gasteiger partial charge is 0.336 e. The molecule has 0 fully saturated rings. The minimum absolute atomic E-state index is 0.0396. The van der Waals surface area contributed by atoms with Crippen LogP contribution in [0.1, 0.15) is 36.2 Å². The number of urea groups is 1. The van der Waals surface area contributed by atoms with E-state index in [-0.39, 0.29) is 34.3 Å². The highest BCUT2D eigenvalue weighted by Gasteiger charge is 2.41. The lowest BCUT2D eigenvalue weighted by molar-refractivity contribution is -0.137. The van der Waals surface area contributed by atoms with E-state index in [1.165, 1.54) is 36.5 Å². The minimum Gasteiger partial charge on any atom is -0.336 e. The summed E-state index contributed by atoms with van der Waals surface area (Å²) in [5.74, 6) is -1.83. The maximum atomic E-state index is 14.7. The number of nitrogens with zero attached hydrogens (tertiary/aromatic N) is 1. The van der Waals surface area contributed by atoms with Crippen molar-refractivity contribution in [2.24, 2.45) is 0 Å². The van der Waals surface area contributed by atoms with E-state index < -0.39 is 34.9 Å². The molecule has 0 unspecified atom stereocenters. The maximum absolute atomic E-state index is 14.7. The normalized spacial score (nSPS) is 13.4. The fourth-order valence-corrected chi connectivity index (χ4v) is 3.68. The number of alkyl halides is 3. The highest BCUT2D eigenvalue weighted by atomic mass is 35.5. The van der Waals surface area contributed by atoms with Crippen molar-refractivity contribution in [2.75, 3.05) is 0 Å². The van der Waals surface area contributed by atoms with Gasteiger partial charge in [0.05, 0.1) is 16.3 Å². The highest BCUT2D eigenvalue weighted by Crippen LogP contribution is 2.38. The van der Waals surface area contributed by atoms with Crippen LogP contribution in [0.5, 0.6) is 0 Å². The Balaban J connectivity index is 2.32. The summed E-state index contributed by atoms with van der Waals surface area (Å²) in [6, 6.07) is 9.23. The Labute approximate surface area is 198 Å². The summed E-state index contributed by atoms with van der Waals surface area (Å²) in [6.45, 7) is 3.37. The van der Waals surface area contributed by atoms with Gasteiger partial charge in [-0.25, -0.2) is 13.6 Å². The summed E-state index contributed by atoms with van der Waals surface area (Å²) < 4.78 is 69.8. The van der Waals surface area contributed by atoms with Gasteiger partial charge in [-0.3, -0.25) is 4.98 Å². The maximum Gasteiger partial charge on any atom is 0.416 e. The molecule has 2 aromatic carbocycles. The fourth-order valence-electron chi connectivity index (χ4n) is 3.57. The number of benzene rings is 2. The van der Waals surface area contributed by atoms with Crippen molar-refractivity contribution in [3.63, 3.8) is 0 Å². The van der Waals surface area contributed by atoms with Gasteiger partial charge in [0, 0.05) is 18.7 Å². The van der Waals surface area contributed by atoms with Crippen molar-refractivity contribution in [3.05, 3.63) is 99.8 Å². The van der Waals surface area contributed by atoms with Gasteiger partial charge < -0.3 is 10.6 Å². The summed E-state index contributed by atoms with van der Waals surface area (Å²) in [7, 11) is 0. The second-order valence-corrected chi connectivity index (χ2v) is 8.45. The van der Waals surface area contributed by atoms with Crippen LogP contribution in [0.25, 0.3) is 0 Å². The van der Waals surface area contributed by atoms with E-state index in [9.17, 15) is 26.7 Å². The van der Waals surface area contributed by atoms with Gasteiger partial charge in [0.1, 0.15) is 17.2 Å².